The fraction of sp³-hybridized carbons (Fsp3) is 0.875. The molecule has 0 bridgehead atoms. The summed E-state index contributed by atoms with van der Waals surface area (Å²) in [6.45, 7) is 6.24. The molecule has 2 heteroatoms. The summed E-state index contributed by atoms with van der Waals surface area (Å²) in [5, 5.41) is 2.96. The van der Waals surface area contributed by atoms with Gasteiger partial charge in [0.2, 0.25) is 5.91 Å². The van der Waals surface area contributed by atoms with Gasteiger partial charge in [0.15, 0.2) is 0 Å². The smallest absolute Gasteiger partial charge is 0.223 e. The summed E-state index contributed by atoms with van der Waals surface area (Å²) in [5.41, 5.74) is 0. The Morgan fingerprint density at radius 1 is 1.50 bits per heavy atom. The Morgan fingerprint density at radius 2 is 2.10 bits per heavy atom. The lowest BCUT2D eigenvalue weighted by molar-refractivity contribution is -0.122. The van der Waals surface area contributed by atoms with Crippen LogP contribution in [0.5, 0.6) is 0 Å². The van der Waals surface area contributed by atoms with E-state index in [2.05, 4.69) is 19.2 Å². The van der Waals surface area contributed by atoms with E-state index in [0.29, 0.717) is 12.0 Å². The molecule has 2 nitrogen and oxygen atoms in total. The van der Waals surface area contributed by atoms with Gasteiger partial charge in [0.25, 0.3) is 0 Å². The van der Waals surface area contributed by atoms with Crippen molar-refractivity contribution in [1.29, 1.82) is 0 Å². The third kappa shape index (κ3) is 1.02. The molecule has 1 N–H and O–H groups in total. The number of amides is 1. The Balaban J connectivity index is 2.61. The van der Waals surface area contributed by atoms with Crippen molar-refractivity contribution in [2.24, 2.45) is 11.8 Å². The fourth-order valence-corrected chi connectivity index (χ4v) is 1.51. The molecule has 1 amide bonds. The van der Waals surface area contributed by atoms with E-state index in [1.165, 1.54) is 0 Å². The highest BCUT2D eigenvalue weighted by atomic mass is 16.2. The minimum Gasteiger partial charge on any atom is -0.353 e. The Kier molecular flexibility index (Phi) is 1.97. The lowest BCUT2D eigenvalue weighted by Gasteiger charge is -2.12. The van der Waals surface area contributed by atoms with Crippen molar-refractivity contribution >= 4 is 5.91 Å². The molecule has 3 unspecified atom stereocenters. The van der Waals surface area contributed by atoms with Crippen LogP contribution >= 0.6 is 0 Å². The van der Waals surface area contributed by atoms with E-state index < -0.39 is 0 Å². The van der Waals surface area contributed by atoms with Gasteiger partial charge in [-0.15, -0.1) is 0 Å². The SMILES string of the molecule is CCC1NC(=O)C(C)C1C. The van der Waals surface area contributed by atoms with E-state index in [-0.39, 0.29) is 11.8 Å². The molecular formula is C8H15NO. The van der Waals surface area contributed by atoms with Gasteiger partial charge < -0.3 is 5.32 Å². The van der Waals surface area contributed by atoms with Crippen LogP contribution in [0, 0.1) is 11.8 Å². The molecule has 0 radical (unpaired) electrons. The van der Waals surface area contributed by atoms with Gasteiger partial charge in [-0.2, -0.15) is 0 Å². The summed E-state index contributed by atoms with van der Waals surface area (Å²) >= 11 is 0. The summed E-state index contributed by atoms with van der Waals surface area (Å²) in [7, 11) is 0. The normalized spacial score (nSPS) is 39.9. The predicted molar refractivity (Wildman–Crippen MR) is 40.5 cm³/mol. The van der Waals surface area contributed by atoms with Crippen LogP contribution < -0.4 is 5.32 Å². The topological polar surface area (TPSA) is 29.1 Å². The first kappa shape index (κ1) is 7.58. The molecule has 1 heterocycles. The Bertz CT molecular complexity index is 144. The second kappa shape index (κ2) is 2.60. The van der Waals surface area contributed by atoms with Crippen LogP contribution in [-0.2, 0) is 4.79 Å². The van der Waals surface area contributed by atoms with Gasteiger partial charge in [0.05, 0.1) is 0 Å². The second-order valence-corrected chi connectivity index (χ2v) is 3.17. The molecule has 0 aliphatic carbocycles. The predicted octanol–water partition coefficient (Wildman–Crippen LogP) is 1.17. The van der Waals surface area contributed by atoms with Crippen LogP contribution in [0.4, 0.5) is 0 Å². The fourth-order valence-electron chi connectivity index (χ4n) is 1.51. The van der Waals surface area contributed by atoms with Crippen molar-refractivity contribution in [3.05, 3.63) is 0 Å². The molecule has 1 rings (SSSR count). The zero-order valence-electron chi connectivity index (χ0n) is 6.85. The number of carbonyl (C=O) groups excluding carboxylic acids is 1. The van der Waals surface area contributed by atoms with Crippen molar-refractivity contribution in [3.63, 3.8) is 0 Å². The molecule has 0 spiro atoms. The van der Waals surface area contributed by atoms with Crippen molar-refractivity contribution in [3.8, 4) is 0 Å². The molecule has 3 atom stereocenters. The van der Waals surface area contributed by atoms with Crippen molar-refractivity contribution < 1.29 is 4.79 Å². The zero-order chi connectivity index (χ0) is 7.72. The molecule has 1 fully saturated rings. The van der Waals surface area contributed by atoms with Gasteiger partial charge in [-0.1, -0.05) is 20.8 Å². The van der Waals surface area contributed by atoms with Crippen LogP contribution in [0.25, 0.3) is 0 Å². The first-order valence-corrected chi connectivity index (χ1v) is 3.97. The van der Waals surface area contributed by atoms with E-state index in [1.54, 1.807) is 0 Å². The van der Waals surface area contributed by atoms with Crippen molar-refractivity contribution in [1.82, 2.24) is 5.32 Å². The Morgan fingerprint density at radius 3 is 2.30 bits per heavy atom. The van der Waals surface area contributed by atoms with Gasteiger partial charge in [-0.3, -0.25) is 4.79 Å². The van der Waals surface area contributed by atoms with Crippen LogP contribution in [0.2, 0.25) is 0 Å². The highest BCUT2D eigenvalue weighted by Gasteiger charge is 2.34. The third-order valence-electron chi connectivity index (χ3n) is 2.60. The van der Waals surface area contributed by atoms with E-state index >= 15 is 0 Å². The molecule has 10 heavy (non-hydrogen) atoms. The van der Waals surface area contributed by atoms with Gasteiger partial charge in [-0.25, -0.2) is 0 Å². The quantitative estimate of drug-likeness (QED) is 0.583. The van der Waals surface area contributed by atoms with E-state index in [4.69, 9.17) is 0 Å². The molecule has 0 aromatic rings. The van der Waals surface area contributed by atoms with Crippen LogP contribution in [0.15, 0.2) is 0 Å². The summed E-state index contributed by atoms with van der Waals surface area (Å²) in [6.07, 6.45) is 1.05. The maximum absolute atomic E-state index is 11.0. The molecule has 0 aromatic heterocycles. The minimum atomic E-state index is 0.213. The van der Waals surface area contributed by atoms with Crippen LogP contribution in [0.1, 0.15) is 27.2 Å². The maximum Gasteiger partial charge on any atom is 0.223 e. The molecule has 58 valence electrons. The second-order valence-electron chi connectivity index (χ2n) is 3.17. The van der Waals surface area contributed by atoms with Crippen LogP contribution in [0.3, 0.4) is 0 Å². The Hall–Kier alpha value is -0.530. The van der Waals surface area contributed by atoms with Gasteiger partial charge in [0, 0.05) is 12.0 Å². The maximum atomic E-state index is 11.0. The first-order valence-electron chi connectivity index (χ1n) is 3.97. The molecule has 1 aliphatic rings. The summed E-state index contributed by atoms with van der Waals surface area (Å²) in [6, 6.07) is 0.419. The van der Waals surface area contributed by atoms with Gasteiger partial charge in [-0.05, 0) is 12.3 Å². The summed E-state index contributed by atoms with van der Waals surface area (Å²) in [5.74, 6) is 0.946. The molecule has 1 saturated heterocycles. The first-order chi connectivity index (χ1) is 4.66. The average molecular weight is 141 g/mol. The third-order valence-corrected chi connectivity index (χ3v) is 2.60. The van der Waals surface area contributed by atoms with Crippen LogP contribution in [-0.4, -0.2) is 11.9 Å². The molecule has 0 aromatic carbocycles. The number of hydrogen-bond donors (Lipinski definition) is 1. The van der Waals surface area contributed by atoms with E-state index in [9.17, 15) is 4.79 Å². The Labute approximate surface area is 62.0 Å². The van der Waals surface area contributed by atoms with Gasteiger partial charge in [0.1, 0.15) is 0 Å². The number of nitrogens with one attached hydrogen (secondary N) is 1. The average Bonchev–Trinajstić information content (AvgIpc) is 2.17. The molecule has 0 saturated carbocycles. The highest BCUT2D eigenvalue weighted by Crippen LogP contribution is 2.23. The summed E-state index contributed by atoms with van der Waals surface area (Å²) < 4.78 is 0. The number of carbonyl (C=O) groups is 1. The minimum absolute atomic E-state index is 0.213. The lowest BCUT2D eigenvalue weighted by Crippen LogP contribution is -2.26. The van der Waals surface area contributed by atoms with Gasteiger partial charge >= 0.3 is 0 Å². The van der Waals surface area contributed by atoms with E-state index in [0.717, 1.165) is 6.42 Å². The molecular weight excluding hydrogens is 126 g/mol. The zero-order valence-corrected chi connectivity index (χ0v) is 6.85. The van der Waals surface area contributed by atoms with Crippen molar-refractivity contribution in [2.75, 3.05) is 0 Å². The molecule has 1 aliphatic heterocycles. The standard InChI is InChI=1S/C8H15NO/c1-4-7-5(2)6(3)8(10)9-7/h5-7H,4H2,1-3H3,(H,9,10). The monoisotopic (exact) mass is 141 g/mol. The number of hydrogen-bond acceptors (Lipinski definition) is 1. The largest absolute Gasteiger partial charge is 0.353 e. The summed E-state index contributed by atoms with van der Waals surface area (Å²) in [4.78, 5) is 11.0. The number of rotatable bonds is 1. The van der Waals surface area contributed by atoms with Crippen molar-refractivity contribution in [2.45, 2.75) is 33.2 Å². The highest BCUT2D eigenvalue weighted by molar-refractivity contribution is 5.81. The lowest BCUT2D eigenvalue weighted by atomic mass is 9.93. The van der Waals surface area contributed by atoms with E-state index in [1.807, 2.05) is 6.92 Å².